The van der Waals surface area contributed by atoms with Crippen molar-refractivity contribution in [1.82, 2.24) is 0 Å². The molecule has 0 N–H and O–H groups in total. The van der Waals surface area contributed by atoms with Crippen LogP contribution < -0.4 is 0 Å². The molecule has 0 spiro atoms. The highest BCUT2D eigenvalue weighted by atomic mass is 14.4. The second-order valence-corrected chi connectivity index (χ2v) is 13.2. The van der Waals surface area contributed by atoms with Crippen LogP contribution in [-0.2, 0) is 5.41 Å². The number of rotatable bonds is 2. The lowest BCUT2D eigenvalue weighted by atomic mass is 9.81. The fourth-order valence-corrected chi connectivity index (χ4v) is 7.70. The third-order valence-electron chi connectivity index (χ3n) is 10.1. The molecule has 0 saturated heterocycles. The Balaban J connectivity index is 1.35. The van der Waals surface area contributed by atoms with E-state index >= 15 is 0 Å². The fourth-order valence-electron chi connectivity index (χ4n) is 7.70. The Morgan fingerprint density at radius 2 is 1.04 bits per heavy atom. The molecule has 1 aliphatic rings. The van der Waals surface area contributed by atoms with E-state index in [0.29, 0.717) is 0 Å². The van der Waals surface area contributed by atoms with E-state index in [2.05, 4.69) is 165 Å². The van der Waals surface area contributed by atoms with Crippen molar-refractivity contribution in [3.63, 3.8) is 0 Å². The first kappa shape index (κ1) is 27.4. The number of fused-ring (bicyclic) bond motifs is 6. The van der Waals surface area contributed by atoms with E-state index in [-0.39, 0.29) is 5.41 Å². The lowest BCUT2D eigenvalue weighted by Crippen LogP contribution is -2.14. The molecule has 0 heteroatoms. The number of hydrogen-bond donors (Lipinski definition) is 0. The van der Waals surface area contributed by atoms with E-state index in [1.54, 1.807) is 0 Å². The largest absolute Gasteiger partial charge is 0.0622 e. The highest BCUT2D eigenvalue weighted by Gasteiger charge is 2.35. The van der Waals surface area contributed by atoms with Crippen LogP contribution in [0.4, 0.5) is 0 Å². The standard InChI is InChI=1S/C47H32/c1-47(2)44-19-11-10-17-40(44)42-30-36(24-27-45(42)47)46-41-18-9-8-16-37(41)38(25-20-31-12-4-3-5-13-31)39-26-23-35(29-43(39)46)34-22-21-32-14-6-7-15-33(32)28-34/h3-19,21-24,26-30H,1-2H3. The quantitative estimate of drug-likeness (QED) is 0.138. The molecule has 9 rings (SSSR count). The van der Waals surface area contributed by atoms with Gasteiger partial charge in [-0.3, -0.25) is 0 Å². The molecule has 0 fully saturated rings. The van der Waals surface area contributed by atoms with Gasteiger partial charge in [-0.15, -0.1) is 0 Å². The molecule has 0 saturated carbocycles. The second-order valence-electron chi connectivity index (χ2n) is 13.2. The first-order valence-electron chi connectivity index (χ1n) is 16.4. The van der Waals surface area contributed by atoms with Gasteiger partial charge in [0.05, 0.1) is 0 Å². The zero-order valence-electron chi connectivity index (χ0n) is 26.5. The molecule has 0 aliphatic heterocycles. The van der Waals surface area contributed by atoms with Crippen LogP contribution in [0.25, 0.3) is 65.7 Å². The van der Waals surface area contributed by atoms with Gasteiger partial charge < -0.3 is 0 Å². The summed E-state index contributed by atoms with van der Waals surface area (Å²) in [7, 11) is 0. The second kappa shape index (κ2) is 10.6. The molecule has 0 aromatic heterocycles. The molecule has 220 valence electrons. The Labute approximate surface area is 276 Å². The summed E-state index contributed by atoms with van der Waals surface area (Å²) in [5.74, 6) is 7.10. The zero-order chi connectivity index (χ0) is 31.5. The van der Waals surface area contributed by atoms with Crippen molar-refractivity contribution in [2.45, 2.75) is 19.3 Å². The van der Waals surface area contributed by atoms with Gasteiger partial charge in [-0.1, -0.05) is 153 Å². The first-order chi connectivity index (χ1) is 23.1. The Bertz CT molecular complexity index is 2590. The van der Waals surface area contributed by atoms with Crippen LogP contribution in [0, 0.1) is 11.8 Å². The van der Waals surface area contributed by atoms with E-state index in [0.717, 1.165) is 11.1 Å². The van der Waals surface area contributed by atoms with Gasteiger partial charge >= 0.3 is 0 Å². The SMILES string of the molecule is CC1(C)c2ccccc2-c2cc(-c3c4ccccc4c(C#Cc4ccccc4)c4ccc(-c5ccc6ccccc6c5)cc34)ccc21. The normalized spacial score (nSPS) is 12.9. The van der Waals surface area contributed by atoms with Crippen LogP contribution in [0.5, 0.6) is 0 Å². The Morgan fingerprint density at radius 1 is 0.404 bits per heavy atom. The van der Waals surface area contributed by atoms with Crippen LogP contribution in [0.15, 0.2) is 158 Å². The summed E-state index contributed by atoms with van der Waals surface area (Å²) in [6.07, 6.45) is 0. The van der Waals surface area contributed by atoms with E-state index in [4.69, 9.17) is 0 Å². The molecule has 0 unspecified atom stereocenters. The minimum absolute atomic E-state index is 0.0330. The minimum Gasteiger partial charge on any atom is -0.0622 e. The van der Waals surface area contributed by atoms with Gasteiger partial charge in [0.2, 0.25) is 0 Å². The fraction of sp³-hybridized carbons (Fsp3) is 0.0638. The van der Waals surface area contributed by atoms with Crippen LogP contribution in [0.2, 0.25) is 0 Å². The maximum absolute atomic E-state index is 3.62. The van der Waals surface area contributed by atoms with Crippen molar-refractivity contribution < 1.29 is 0 Å². The lowest BCUT2D eigenvalue weighted by Gasteiger charge is -2.22. The summed E-state index contributed by atoms with van der Waals surface area (Å²) >= 11 is 0. The summed E-state index contributed by atoms with van der Waals surface area (Å²) in [4.78, 5) is 0. The van der Waals surface area contributed by atoms with E-state index in [1.807, 2.05) is 18.2 Å². The molecule has 0 bridgehead atoms. The average Bonchev–Trinajstić information content (AvgIpc) is 3.35. The molecule has 0 amide bonds. The van der Waals surface area contributed by atoms with Crippen molar-refractivity contribution in [2.24, 2.45) is 0 Å². The van der Waals surface area contributed by atoms with E-state index < -0.39 is 0 Å². The van der Waals surface area contributed by atoms with Gasteiger partial charge in [-0.2, -0.15) is 0 Å². The molecule has 0 heterocycles. The smallest absolute Gasteiger partial charge is 0.0406 e. The first-order valence-corrected chi connectivity index (χ1v) is 16.4. The zero-order valence-corrected chi connectivity index (χ0v) is 26.5. The van der Waals surface area contributed by atoms with Gasteiger partial charge in [-0.25, -0.2) is 0 Å². The molecular weight excluding hydrogens is 565 g/mol. The summed E-state index contributed by atoms with van der Waals surface area (Å²) in [6, 6.07) is 57.4. The predicted molar refractivity (Wildman–Crippen MR) is 200 cm³/mol. The Kier molecular flexibility index (Phi) is 6.17. The highest BCUT2D eigenvalue weighted by Crippen LogP contribution is 2.50. The summed E-state index contributed by atoms with van der Waals surface area (Å²) in [6.45, 7) is 4.69. The van der Waals surface area contributed by atoms with Crippen molar-refractivity contribution in [2.75, 3.05) is 0 Å². The summed E-state index contributed by atoms with van der Waals surface area (Å²) in [5.41, 5.74) is 12.4. The van der Waals surface area contributed by atoms with Crippen molar-refractivity contribution in [3.8, 4) is 45.2 Å². The van der Waals surface area contributed by atoms with Gasteiger partial charge in [0.15, 0.2) is 0 Å². The summed E-state index contributed by atoms with van der Waals surface area (Å²) < 4.78 is 0. The van der Waals surface area contributed by atoms with Gasteiger partial charge in [0, 0.05) is 16.5 Å². The van der Waals surface area contributed by atoms with Crippen molar-refractivity contribution in [1.29, 1.82) is 0 Å². The van der Waals surface area contributed by atoms with Gasteiger partial charge in [0.1, 0.15) is 0 Å². The lowest BCUT2D eigenvalue weighted by molar-refractivity contribution is 0.660. The molecule has 0 nitrogen and oxygen atoms in total. The van der Waals surface area contributed by atoms with Crippen molar-refractivity contribution in [3.05, 3.63) is 180 Å². The third kappa shape index (κ3) is 4.39. The highest BCUT2D eigenvalue weighted by molar-refractivity contribution is 6.17. The minimum atomic E-state index is -0.0330. The van der Waals surface area contributed by atoms with Gasteiger partial charge in [-0.05, 0) is 107 Å². The van der Waals surface area contributed by atoms with Gasteiger partial charge in [0.25, 0.3) is 0 Å². The number of benzene rings is 8. The average molecular weight is 597 g/mol. The molecule has 8 aromatic rings. The Hall–Kier alpha value is -5.90. The van der Waals surface area contributed by atoms with Crippen LogP contribution in [-0.4, -0.2) is 0 Å². The van der Waals surface area contributed by atoms with E-state index in [1.165, 1.54) is 76.8 Å². The topological polar surface area (TPSA) is 0 Å². The molecule has 1 aliphatic carbocycles. The molecular formula is C47H32. The molecule has 0 radical (unpaired) electrons. The van der Waals surface area contributed by atoms with Crippen LogP contribution >= 0.6 is 0 Å². The summed E-state index contributed by atoms with van der Waals surface area (Å²) in [5, 5.41) is 7.29. The molecule has 8 aromatic carbocycles. The van der Waals surface area contributed by atoms with E-state index in [9.17, 15) is 0 Å². The molecule has 47 heavy (non-hydrogen) atoms. The predicted octanol–water partition coefficient (Wildman–Crippen LogP) is 12.2. The monoisotopic (exact) mass is 596 g/mol. The van der Waals surface area contributed by atoms with Crippen LogP contribution in [0.1, 0.15) is 36.1 Å². The number of hydrogen-bond acceptors (Lipinski definition) is 0. The Morgan fingerprint density at radius 3 is 1.91 bits per heavy atom. The van der Waals surface area contributed by atoms with Crippen molar-refractivity contribution >= 4 is 32.3 Å². The maximum Gasteiger partial charge on any atom is 0.0406 e. The van der Waals surface area contributed by atoms with Crippen LogP contribution in [0.3, 0.4) is 0 Å². The maximum atomic E-state index is 3.62. The molecule has 0 atom stereocenters. The third-order valence-corrected chi connectivity index (χ3v) is 10.1.